The SMILES string of the molecule is NCCN(Cc1ccccc1)C(=O)c1ccc(-c2cnc[nH]2)cc1. The second-order valence-corrected chi connectivity index (χ2v) is 5.54. The molecule has 1 heterocycles. The number of H-pyrrole nitrogens is 1. The van der Waals surface area contributed by atoms with E-state index in [0.29, 0.717) is 25.2 Å². The lowest BCUT2D eigenvalue weighted by molar-refractivity contribution is 0.0748. The Labute approximate surface area is 141 Å². The van der Waals surface area contributed by atoms with Crippen LogP contribution in [0.5, 0.6) is 0 Å². The number of carbonyl (C=O) groups excluding carboxylic acids is 1. The molecule has 3 N–H and O–H groups in total. The molecule has 3 rings (SSSR count). The molecule has 0 radical (unpaired) electrons. The summed E-state index contributed by atoms with van der Waals surface area (Å²) >= 11 is 0. The van der Waals surface area contributed by atoms with Crippen molar-refractivity contribution >= 4 is 5.91 Å². The van der Waals surface area contributed by atoms with E-state index >= 15 is 0 Å². The lowest BCUT2D eigenvalue weighted by Gasteiger charge is -2.22. The van der Waals surface area contributed by atoms with Gasteiger partial charge in [0.05, 0.1) is 18.2 Å². The third-order valence-corrected chi connectivity index (χ3v) is 3.84. The molecule has 0 atom stereocenters. The molecule has 5 heteroatoms. The Bertz CT molecular complexity index is 767. The number of nitrogens with two attached hydrogens (primary N) is 1. The third kappa shape index (κ3) is 3.70. The molecular weight excluding hydrogens is 300 g/mol. The molecule has 1 aromatic heterocycles. The van der Waals surface area contributed by atoms with E-state index < -0.39 is 0 Å². The maximum Gasteiger partial charge on any atom is 0.254 e. The molecule has 0 bridgehead atoms. The molecule has 1 amide bonds. The lowest BCUT2D eigenvalue weighted by atomic mass is 10.1. The Morgan fingerprint density at radius 3 is 2.46 bits per heavy atom. The topological polar surface area (TPSA) is 75.0 Å². The van der Waals surface area contributed by atoms with Gasteiger partial charge in [-0.2, -0.15) is 0 Å². The van der Waals surface area contributed by atoms with Crippen LogP contribution in [0.2, 0.25) is 0 Å². The van der Waals surface area contributed by atoms with Crippen LogP contribution in [-0.2, 0) is 6.54 Å². The lowest BCUT2D eigenvalue weighted by Crippen LogP contribution is -2.34. The molecule has 0 unspecified atom stereocenters. The Balaban J connectivity index is 1.77. The molecule has 122 valence electrons. The highest BCUT2D eigenvalue weighted by Crippen LogP contribution is 2.18. The molecule has 0 aliphatic heterocycles. The molecule has 0 aliphatic carbocycles. The Morgan fingerprint density at radius 2 is 1.83 bits per heavy atom. The maximum atomic E-state index is 12.8. The number of carbonyl (C=O) groups is 1. The molecule has 0 aliphatic rings. The van der Waals surface area contributed by atoms with Gasteiger partial charge in [0, 0.05) is 25.2 Å². The van der Waals surface area contributed by atoms with Crippen LogP contribution in [0.3, 0.4) is 0 Å². The first-order valence-electron chi connectivity index (χ1n) is 7.90. The van der Waals surface area contributed by atoms with Gasteiger partial charge in [-0.1, -0.05) is 42.5 Å². The van der Waals surface area contributed by atoms with Gasteiger partial charge in [-0.3, -0.25) is 4.79 Å². The standard InChI is InChI=1S/C19H20N4O/c20-10-11-23(13-15-4-2-1-3-5-15)19(24)17-8-6-16(7-9-17)18-12-21-14-22-18/h1-9,12,14H,10-11,13,20H2,(H,21,22). The molecule has 24 heavy (non-hydrogen) atoms. The Morgan fingerprint density at radius 1 is 1.08 bits per heavy atom. The van der Waals surface area contributed by atoms with Gasteiger partial charge in [0.1, 0.15) is 0 Å². The van der Waals surface area contributed by atoms with Crippen LogP contribution in [0.4, 0.5) is 0 Å². The van der Waals surface area contributed by atoms with Gasteiger partial charge >= 0.3 is 0 Å². The van der Waals surface area contributed by atoms with Crippen molar-refractivity contribution in [2.75, 3.05) is 13.1 Å². The number of aromatic nitrogens is 2. The highest BCUT2D eigenvalue weighted by molar-refractivity contribution is 5.94. The normalized spacial score (nSPS) is 10.5. The minimum absolute atomic E-state index is 0.0135. The third-order valence-electron chi connectivity index (χ3n) is 3.84. The number of nitrogens with zero attached hydrogens (tertiary/aromatic N) is 2. The van der Waals surface area contributed by atoms with E-state index in [9.17, 15) is 4.79 Å². The Hall–Kier alpha value is -2.92. The van der Waals surface area contributed by atoms with Gasteiger partial charge in [-0.05, 0) is 23.3 Å². The number of nitrogens with one attached hydrogen (secondary N) is 1. The van der Waals surface area contributed by atoms with Gasteiger partial charge in [-0.25, -0.2) is 4.98 Å². The van der Waals surface area contributed by atoms with Crippen LogP contribution >= 0.6 is 0 Å². The van der Waals surface area contributed by atoms with Gasteiger partial charge < -0.3 is 15.6 Å². The van der Waals surface area contributed by atoms with Crippen molar-refractivity contribution in [1.82, 2.24) is 14.9 Å². The van der Waals surface area contributed by atoms with Crippen molar-refractivity contribution in [2.24, 2.45) is 5.73 Å². The Kier molecular flexibility index (Phi) is 5.03. The first kappa shape index (κ1) is 16.0. The highest BCUT2D eigenvalue weighted by atomic mass is 16.2. The number of imidazole rings is 1. The quantitative estimate of drug-likeness (QED) is 0.733. The summed E-state index contributed by atoms with van der Waals surface area (Å²) in [6.45, 7) is 1.51. The maximum absolute atomic E-state index is 12.8. The fourth-order valence-electron chi connectivity index (χ4n) is 2.60. The fraction of sp³-hybridized carbons (Fsp3) is 0.158. The molecule has 0 saturated heterocycles. The molecule has 0 saturated carbocycles. The summed E-state index contributed by atoms with van der Waals surface area (Å²) in [4.78, 5) is 21.6. The van der Waals surface area contributed by atoms with Crippen molar-refractivity contribution in [3.63, 3.8) is 0 Å². The zero-order chi connectivity index (χ0) is 16.8. The van der Waals surface area contributed by atoms with Crippen molar-refractivity contribution in [3.05, 3.63) is 78.2 Å². The smallest absolute Gasteiger partial charge is 0.254 e. The molecular formula is C19H20N4O. The molecule has 5 nitrogen and oxygen atoms in total. The number of hydrogen-bond donors (Lipinski definition) is 2. The number of aromatic amines is 1. The van der Waals surface area contributed by atoms with E-state index in [0.717, 1.165) is 16.8 Å². The second kappa shape index (κ2) is 7.57. The van der Waals surface area contributed by atoms with Crippen molar-refractivity contribution in [2.45, 2.75) is 6.54 Å². The molecule has 3 aromatic rings. The number of hydrogen-bond acceptors (Lipinski definition) is 3. The average Bonchev–Trinajstić information content (AvgIpc) is 3.16. The predicted octanol–water partition coefficient (Wildman–Crippen LogP) is 2.68. The van der Waals surface area contributed by atoms with Crippen LogP contribution in [0.15, 0.2) is 67.1 Å². The predicted molar refractivity (Wildman–Crippen MR) is 94.3 cm³/mol. The van der Waals surface area contributed by atoms with E-state index in [2.05, 4.69) is 9.97 Å². The van der Waals surface area contributed by atoms with Crippen LogP contribution in [0.1, 0.15) is 15.9 Å². The van der Waals surface area contributed by atoms with Crippen molar-refractivity contribution in [1.29, 1.82) is 0 Å². The summed E-state index contributed by atoms with van der Waals surface area (Å²) in [5, 5.41) is 0. The summed E-state index contributed by atoms with van der Waals surface area (Å²) < 4.78 is 0. The second-order valence-electron chi connectivity index (χ2n) is 5.54. The molecule has 2 aromatic carbocycles. The van der Waals surface area contributed by atoms with Crippen LogP contribution < -0.4 is 5.73 Å². The van der Waals surface area contributed by atoms with E-state index in [1.165, 1.54) is 0 Å². The van der Waals surface area contributed by atoms with E-state index in [-0.39, 0.29) is 5.91 Å². The molecule has 0 fully saturated rings. The van der Waals surface area contributed by atoms with Gasteiger partial charge in [0.15, 0.2) is 0 Å². The first-order chi connectivity index (χ1) is 11.8. The van der Waals surface area contributed by atoms with Gasteiger partial charge in [0.25, 0.3) is 5.91 Å². The fourth-order valence-corrected chi connectivity index (χ4v) is 2.60. The monoisotopic (exact) mass is 320 g/mol. The van der Waals surface area contributed by atoms with Crippen LogP contribution in [-0.4, -0.2) is 33.9 Å². The van der Waals surface area contributed by atoms with Crippen LogP contribution in [0, 0.1) is 0 Å². The van der Waals surface area contributed by atoms with Crippen molar-refractivity contribution in [3.8, 4) is 11.3 Å². The number of benzene rings is 2. The number of amides is 1. The van der Waals surface area contributed by atoms with Gasteiger partial charge in [0.2, 0.25) is 0 Å². The first-order valence-corrected chi connectivity index (χ1v) is 7.90. The largest absolute Gasteiger partial charge is 0.345 e. The van der Waals surface area contributed by atoms with E-state index in [1.807, 2.05) is 54.6 Å². The minimum Gasteiger partial charge on any atom is -0.345 e. The zero-order valence-corrected chi connectivity index (χ0v) is 13.4. The highest BCUT2D eigenvalue weighted by Gasteiger charge is 2.15. The van der Waals surface area contributed by atoms with E-state index in [4.69, 9.17) is 5.73 Å². The summed E-state index contributed by atoms with van der Waals surface area (Å²) in [6.07, 6.45) is 3.39. The van der Waals surface area contributed by atoms with Crippen molar-refractivity contribution < 1.29 is 4.79 Å². The van der Waals surface area contributed by atoms with E-state index in [1.54, 1.807) is 17.4 Å². The summed E-state index contributed by atoms with van der Waals surface area (Å²) in [6, 6.07) is 17.5. The molecule has 0 spiro atoms. The summed E-state index contributed by atoms with van der Waals surface area (Å²) in [7, 11) is 0. The zero-order valence-electron chi connectivity index (χ0n) is 13.4. The van der Waals surface area contributed by atoms with Gasteiger partial charge in [-0.15, -0.1) is 0 Å². The summed E-state index contributed by atoms with van der Waals surface area (Å²) in [5.74, 6) is -0.0135. The average molecular weight is 320 g/mol. The van der Waals surface area contributed by atoms with Crippen LogP contribution in [0.25, 0.3) is 11.3 Å². The summed E-state index contributed by atoms with van der Waals surface area (Å²) in [5.41, 5.74) is 9.35. The number of rotatable bonds is 6. The minimum atomic E-state index is -0.0135.